The van der Waals surface area contributed by atoms with E-state index in [1.165, 1.54) is 6.07 Å². The smallest absolute Gasteiger partial charge is 0.376 e. The molecule has 1 aliphatic rings. The largest absolute Gasteiger partial charge is 0.416 e. The zero-order chi connectivity index (χ0) is 17.4. The van der Waals surface area contributed by atoms with Crippen LogP contribution in [0.5, 0.6) is 0 Å². The number of pyridine rings is 1. The summed E-state index contributed by atoms with van der Waals surface area (Å²) in [5.74, 6) is 0. The number of alkyl halides is 3. The molecule has 0 saturated carbocycles. The Balaban J connectivity index is 0.00000196. The molecule has 0 spiro atoms. The molecule has 1 aromatic carbocycles. The summed E-state index contributed by atoms with van der Waals surface area (Å²) in [7, 11) is 0. The minimum absolute atomic E-state index is 0. The van der Waals surface area contributed by atoms with Gasteiger partial charge in [-0.2, -0.15) is 18.3 Å². The quantitative estimate of drug-likeness (QED) is 0.657. The van der Waals surface area contributed by atoms with Gasteiger partial charge >= 0.3 is 6.18 Å². The van der Waals surface area contributed by atoms with E-state index < -0.39 is 11.7 Å². The highest BCUT2D eigenvalue weighted by atomic mass is 35.5. The average molecular weight is 384 g/mol. The summed E-state index contributed by atoms with van der Waals surface area (Å²) in [5, 5.41) is 4.34. The van der Waals surface area contributed by atoms with Crippen LogP contribution in [0.15, 0.2) is 42.7 Å². The third-order valence-electron chi connectivity index (χ3n) is 4.42. The van der Waals surface area contributed by atoms with E-state index in [4.69, 9.17) is 4.74 Å². The van der Waals surface area contributed by atoms with Gasteiger partial charge in [-0.05, 0) is 36.6 Å². The number of nitrogens with zero attached hydrogens (tertiary/aromatic N) is 3. The number of aromatic nitrogens is 3. The van der Waals surface area contributed by atoms with E-state index >= 15 is 0 Å². The predicted octanol–water partition coefficient (Wildman–Crippen LogP) is 4.72. The van der Waals surface area contributed by atoms with Gasteiger partial charge < -0.3 is 4.74 Å². The van der Waals surface area contributed by atoms with Crippen molar-refractivity contribution in [3.05, 3.63) is 48.3 Å². The molecule has 0 radical (unpaired) electrons. The van der Waals surface area contributed by atoms with Crippen LogP contribution < -0.4 is 0 Å². The molecule has 3 aromatic rings. The monoisotopic (exact) mass is 383 g/mol. The minimum Gasteiger partial charge on any atom is -0.376 e. The number of halogens is 4. The SMILES string of the molecule is Cl.FC(F)(F)c1cccc(-c2cnc3cnn(C[C@H]4CCCO4)c3c2)c1. The maximum Gasteiger partial charge on any atom is 0.416 e. The van der Waals surface area contributed by atoms with Crippen molar-refractivity contribution in [1.29, 1.82) is 0 Å². The normalized spacial score (nSPS) is 17.4. The molecule has 1 aliphatic heterocycles. The van der Waals surface area contributed by atoms with Crippen molar-refractivity contribution in [2.45, 2.75) is 31.7 Å². The zero-order valence-electron chi connectivity index (χ0n) is 13.7. The van der Waals surface area contributed by atoms with Crippen molar-refractivity contribution >= 4 is 23.4 Å². The first kappa shape index (κ1) is 18.7. The maximum absolute atomic E-state index is 12.9. The fraction of sp³-hybridized carbons (Fsp3) is 0.333. The van der Waals surface area contributed by atoms with Gasteiger partial charge in [-0.25, -0.2) is 0 Å². The molecule has 4 nitrogen and oxygen atoms in total. The molecule has 138 valence electrons. The van der Waals surface area contributed by atoms with Crippen LogP contribution >= 0.6 is 12.4 Å². The van der Waals surface area contributed by atoms with Crippen LogP contribution in [0.4, 0.5) is 13.2 Å². The van der Waals surface area contributed by atoms with Gasteiger partial charge in [0.15, 0.2) is 0 Å². The summed E-state index contributed by atoms with van der Waals surface area (Å²) in [6.45, 7) is 1.38. The number of hydrogen-bond donors (Lipinski definition) is 0. The van der Waals surface area contributed by atoms with Crippen LogP contribution in [-0.2, 0) is 17.5 Å². The van der Waals surface area contributed by atoms with Crippen molar-refractivity contribution in [2.24, 2.45) is 0 Å². The lowest BCUT2D eigenvalue weighted by molar-refractivity contribution is -0.137. The Labute approximate surface area is 154 Å². The predicted molar refractivity (Wildman–Crippen MR) is 94.2 cm³/mol. The average Bonchev–Trinajstić information content (AvgIpc) is 3.24. The van der Waals surface area contributed by atoms with Crippen LogP contribution in [0.2, 0.25) is 0 Å². The van der Waals surface area contributed by atoms with Crippen molar-refractivity contribution in [1.82, 2.24) is 14.8 Å². The molecule has 1 saturated heterocycles. The van der Waals surface area contributed by atoms with E-state index in [1.54, 1.807) is 18.5 Å². The minimum atomic E-state index is -4.37. The Morgan fingerprint density at radius 2 is 2.00 bits per heavy atom. The zero-order valence-corrected chi connectivity index (χ0v) is 14.6. The molecular weight excluding hydrogens is 367 g/mol. The number of rotatable bonds is 3. The van der Waals surface area contributed by atoms with Crippen molar-refractivity contribution in [2.75, 3.05) is 6.61 Å². The van der Waals surface area contributed by atoms with E-state index in [9.17, 15) is 13.2 Å². The molecule has 0 bridgehead atoms. The van der Waals surface area contributed by atoms with Gasteiger partial charge in [0, 0.05) is 18.4 Å². The molecule has 4 rings (SSSR count). The molecule has 26 heavy (non-hydrogen) atoms. The third kappa shape index (κ3) is 3.68. The summed E-state index contributed by atoms with van der Waals surface area (Å²) in [5.41, 5.74) is 1.96. The second kappa shape index (κ2) is 7.25. The Hall–Kier alpha value is -2.12. The molecule has 3 heterocycles. The fourth-order valence-electron chi connectivity index (χ4n) is 3.12. The first-order valence-corrected chi connectivity index (χ1v) is 8.11. The molecule has 0 aliphatic carbocycles. The van der Waals surface area contributed by atoms with E-state index in [0.29, 0.717) is 23.2 Å². The molecule has 1 atom stereocenters. The Kier molecular flexibility index (Phi) is 5.20. The molecule has 0 unspecified atom stereocenters. The van der Waals surface area contributed by atoms with E-state index in [2.05, 4.69) is 10.1 Å². The van der Waals surface area contributed by atoms with Crippen LogP contribution in [0, 0.1) is 0 Å². The summed E-state index contributed by atoms with van der Waals surface area (Å²) >= 11 is 0. The van der Waals surface area contributed by atoms with E-state index in [0.717, 1.165) is 37.1 Å². The highest BCUT2D eigenvalue weighted by Gasteiger charge is 2.30. The lowest BCUT2D eigenvalue weighted by atomic mass is 10.0. The van der Waals surface area contributed by atoms with Gasteiger partial charge in [0.1, 0.15) is 5.52 Å². The standard InChI is InChI=1S/C18H16F3N3O.ClH/c19-18(20,21)14-4-1-3-12(7-14)13-8-17-16(22-9-13)10-23-24(17)11-15-5-2-6-25-15;/h1,3-4,7-10,15H,2,5-6,11H2;1H/t15-;/m1./s1. The first-order valence-electron chi connectivity index (χ1n) is 8.11. The van der Waals surface area contributed by atoms with Gasteiger partial charge in [-0.3, -0.25) is 9.67 Å². The lowest BCUT2D eigenvalue weighted by Crippen LogP contribution is -2.15. The maximum atomic E-state index is 12.9. The Morgan fingerprint density at radius 3 is 2.73 bits per heavy atom. The van der Waals surface area contributed by atoms with Crippen LogP contribution in [0.25, 0.3) is 22.2 Å². The van der Waals surface area contributed by atoms with Gasteiger partial charge in [0.25, 0.3) is 0 Å². The van der Waals surface area contributed by atoms with Gasteiger partial charge in [0.05, 0.1) is 29.9 Å². The van der Waals surface area contributed by atoms with Gasteiger partial charge in [0.2, 0.25) is 0 Å². The summed E-state index contributed by atoms with van der Waals surface area (Å²) in [6, 6.07) is 7.10. The third-order valence-corrected chi connectivity index (χ3v) is 4.42. The number of benzene rings is 1. The molecule has 8 heteroatoms. The first-order chi connectivity index (χ1) is 12.0. The van der Waals surface area contributed by atoms with Crippen molar-refractivity contribution in [3.8, 4) is 11.1 Å². The summed E-state index contributed by atoms with van der Waals surface area (Å²) < 4.78 is 46.3. The second-order valence-electron chi connectivity index (χ2n) is 6.17. The molecule has 0 N–H and O–H groups in total. The number of fused-ring (bicyclic) bond motifs is 1. The molecular formula is C18H17ClF3N3O. The van der Waals surface area contributed by atoms with Crippen LogP contribution in [-0.4, -0.2) is 27.5 Å². The highest BCUT2D eigenvalue weighted by molar-refractivity contribution is 5.85. The van der Waals surface area contributed by atoms with Gasteiger partial charge in [-0.1, -0.05) is 12.1 Å². The number of ether oxygens (including phenoxy) is 1. The molecule has 0 amide bonds. The van der Waals surface area contributed by atoms with E-state index in [1.807, 2.05) is 10.7 Å². The fourth-order valence-corrected chi connectivity index (χ4v) is 3.12. The Morgan fingerprint density at radius 1 is 1.15 bits per heavy atom. The lowest BCUT2D eigenvalue weighted by Gasteiger charge is -2.11. The number of hydrogen-bond acceptors (Lipinski definition) is 3. The highest BCUT2D eigenvalue weighted by Crippen LogP contribution is 2.32. The summed E-state index contributed by atoms with van der Waals surface area (Å²) in [4.78, 5) is 4.34. The van der Waals surface area contributed by atoms with Crippen molar-refractivity contribution in [3.63, 3.8) is 0 Å². The Bertz CT molecular complexity index is 904. The van der Waals surface area contributed by atoms with Crippen LogP contribution in [0.3, 0.4) is 0 Å². The summed E-state index contributed by atoms with van der Waals surface area (Å²) in [6.07, 6.45) is 1.03. The van der Waals surface area contributed by atoms with Crippen LogP contribution in [0.1, 0.15) is 18.4 Å². The topological polar surface area (TPSA) is 39.9 Å². The van der Waals surface area contributed by atoms with Gasteiger partial charge in [-0.15, -0.1) is 12.4 Å². The molecule has 1 fully saturated rings. The van der Waals surface area contributed by atoms with E-state index in [-0.39, 0.29) is 18.5 Å². The molecule has 2 aromatic heterocycles. The second-order valence-corrected chi connectivity index (χ2v) is 6.17. The van der Waals surface area contributed by atoms with Crippen molar-refractivity contribution < 1.29 is 17.9 Å².